The normalized spacial score (nSPS) is 18.7. The summed E-state index contributed by atoms with van der Waals surface area (Å²) in [5.74, 6) is -2.56. The molecule has 0 unspecified atom stereocenters. The molecule has 0 aliphatic carbocycles. The number of thioether (sulfide) groups is 1. The molecule has 1 fully saturated rings. The van der Waals surface area contributed by atoms with Gasteiger partial charge in [-0.3, -0.25) is 24.1 Å². The predicted octanol–water partition coefficient (Wildman–Crippen LogP) is 2.80. The summed E-state index contributed by atoms with van der Waals surface area (Å²) in [7, 11) is 0. The summed E-state index contributed by atoms with van der Waals surface area (Å²) in [6.45, 7) is -0.736. The van der Waals surface area contributed by atoms with Crippen molar-refractivity contribution in [3.8, 4) is 11.1 Å². The first-order valence-corrected chi connectivity index (χ1v) is 8.78. The van der Waals surface area contributed by atoms with Crippen molar-refractivity contribution in [3.05, 3.63) is 59.0 Å². The zero-order valence-electron chi connectivity index (χ0n) is 13.8. The molecule has 2 aromatic carbocycles. The van der Waals surface area contributed by atoms with Gasteiger partial charge in [-0.25, -0.2) is 0 Å². The van der Waals surface area contributed by atoms with Gasteiger partial charge in [-0.05, 0) is 35.0 Å². The van der Waals surface area contributed by atoms with Crippen molar-refractivity contribution in [2.45, 2.75) is 0 Å². The molecule has 8 heteroatoms. The van der Waals surface area contributed by atoms with Crippen LogP contribution in [0.4, 0.5) is 10.5 Å². The number of nitrogens with one attached hydrogen (secondary N) is 1. The Balaban J connectivity index is 1.81. The van der Waals surface area contributed by atoms with E-state index in [0.717, 1.165) is 11.1 Å². The van der Waals surface area contributed by atoms with E-state index in [2.05, 4.69) is 5.32 Å². The van der Waals surface area contributed by atoms with E-state index >= 15 is 0 Å². The lowest BCUT2D eigenvalue weighted by Gasteiger charge is -2.08. The number of fused-ring (bicyclic) bond motifs is 1. The minimum absolute atomic E-state index is 0.0530. The van der Waals surface area contributed by atoms with E-state index in [0.29, 0.717) is 27.9 Å². The van der Waals surface area contributed by atoms with Gasteiger partial charge in [0.05, 0.1) is 10.5 Å². The summed E-state index contributed by atoms with van der Waals surface area (Å²) < 4.78 is 0. The quantitative estimate of drug-likeness (QED) is 0.794. The maximum atomic E-state index is 12.5. The Morgan fingerprint density at radius 2 is 1.78 bits per heavy atom. The highest BCUT2D eigenvalue weighted by Crippen LogP contribution is 2.43. The molecule has 0 saturated carbocycles. The molecular weight excluding hydrogens is 368 g/mol. The van der Waals surface area contributed by atoms with E-state index in [1.807, 2.05) is 36.4 Å². The van der Waals surface area contributed by atoms with Gasteiger partial charge in [-0.2, -0.15) is 0 Å². The van der Waals surface area contributed by atoms with E-state index in [4.69, 9.17) is 5.11 Å². The first-order chi connectivity index (χ1) is 13.0. The number of carboxylic acids is 1. The van der Waals surface area contributed by atoms with Gasteiger partial charge in [0.25, 0.3) is 17.1 Å². The molecule has 0 spiro atoms. The highest BCUT2D eigenvalue weighted by Gasteiger charge is 2.42. The third-order valence-electron chi connectivity index (χ3n) is 4.24. The van der Waals surface area contributed by atoms with Gasteiger partial charge in [-0.15, -0.1) is 0 Å². The van der Waals surface area contributed by atoms with Gasteiger partial charge in [0.2, 0.25) is 0 Å². The summed E-state index contributed by atoms with van der Waals surface area (Å²) in [6.07, 6.45) is 0. The number of benzene rings is 2. The highest BCUT2D eigenvalue weighted by atomic mass is 32.2. The molecule has 1 saturated heterocycles. The molecule has 2 N–H and O–H groups in total. The fourth-order valence-corrected chi connectivity index (χ4v) is 3.96. The molecule has 3 amide bonds. The second kappa shape index (κ2) is 6.40. The molecule has 7 nitrogen and oxygen atoms in total. The zero-order chi connectivity index (χ0) is 19.1. The average molecular weight is 380 g/mol. The molecule has 0 radical (unpaired) electrons. The Labute approximate surface area is 157 Å². The van der Waals surface area contributed by atoms with Crippen molar-refractivity contribution in [1.82, 2.24) is 4.90 Å². The summed E-state index contributed by atoms with van der Waals surface area (Å²) >= 11 is 0.583. The van der Waals surface area contributed by atoms with Crippen LogP contribution in [-0.2, 0) is 14.4 Å². The van der Waals surface area contributed by atoms with Gasteiger partial charge < -0.3 is 10.4 Å². The first kappa shape index (κ1) is 17.0. The number of hydrogen-bond donors (Lipinski definition) is 2. The number of carbonyl (C=O) groups is 4. The SMILES string of the molecule is O=C(O)CN1C(=O)S/C(=C2\C(=O)Nc3ccc(-c4ccccc4)cc32)C1=O. The van der Waals surface area contributed by atoms with Crippen LogP contribution in [0.5, 0.6) is 0 Å². The van der Waals surface area contributed by atoms with Crippen molar-refractivity contribution in [2.75, 3.05) is 11.9 Å². The highest BCUT2D eigenvalue weighted by molar-refractivity contribution is 8.18. The summed E-state index contributed by atoms with van der Waals surface area (Å²) in [4.78, 5) is 48.5. The molecule has 0 bridgehead atoms. The topological polar surface area (TPSA) is 104 Å². The number of carboxylic acid groups (broad SMARTS) is 1. The second-order valence-electron chi connectivity index (χ2n) is 5.94. The first-order valence-electron chi connectivity index (χ1n) is 7.96. The molecule has 4 rings (SSSR count). The Hall–Kier alpha value is -3.39. The lowest BCUT2D eigenvalue weighted by atomic mass is 9.99. The Bertz CT molecular complexity index is 1050. The van der Waals surface area contributed by atoms with Gasteiger partial charge in [0.15, 0.2) is 0 Å². The third-order valence-corrected chi connectivity index (χ3v) is 5.22. The van der Waals surface area contributed by atoms with Gasteiger partial charge in [0.1, 0.15) is 6.54 Å². The lowest BCUT2D eigenvalue weighted by Crippen LogP contribution is -2.33. The number of amides is 3. The third kappa shape index (κ3) is 2.89. The largest absolute Gasteiger partial charge is 0.480 e. The van der Waals surface area contributed by atoms with Crippen LogP contribution in [0.1, 0.15) is 5.56 Å². The van der Waals surface area contributed by atoms with E-state index in [1.54, 1.807) is 12.1 Å². The zero-order valence-corrected chi connectivity index (χ0v) is 14.6. The van der Waals surface area contributed by atoms with Gasteiger partial charge >= 0.3 is 5.97 Å². The van der Waals surface area contributed by atoms with E-state index in [-0.39, 0.29) is 10.5 Å². The molecule has 2 aliphatic rings. The van der Waals surface area contributed by atoms with Crippen molar-refractivity contribution >= 4 is 46.0 Å². The molecular formula is C19H12N2O5S. The number of imide groups is 1. The fraction of sp³-hybridized carbons (Fsp3) is 0.0526. The maximum Gasteiger partial charge on any atom is 0.323 e. The van der Waals surface area contributed by atoms with E-state index < -0.39 is 29.6 Å². The van der Waals surface area contributed by atoms with Crippen LogP contribution in [0.15, 0.2) is 53.4 Å². The number of anilines is 1. The van der Waals surface area contributed by atoms with Crippen LogP contribution in [0.25, 0.3) is 16.7 Å². The van der Waals surface area contributed by atoms with Crippen molar-refractivity contribution in [2.24, 2.45) is 0 Å². The number of nitrogens with zero attached hydrogens (tertiary/aromatic N) is 1. The summed E-state index contributed by atoms with van der Waals surface area (Å²) in [5, 5.41) is 10.9. The predicted molar refractivity (Wildman–Crippen MR) is 99.8 cm³/mol. The molecule has 0 aromatic heterocycles. The Kier molecular flexibility index (Phi) is 4.04. The van der Waals surface area contributed by atoms with Crippen LogP contribution < -0.4 is 5.32 Å². The van der Waals surface area contributed by atoms with Gasteiger partial charge in [0, 0.05) is 11.3 Å². The van der Waals surface area contributed by atoms with Crippen LogP contribution in [0.3, 0.4) is 0 Å². The monoisotopic (exact) mass is 380 g/mol. The standard InChI is InChI=1S/C19H12N2O5S/c22-14(23)9-21-18(25)16(27-19(21)26)15-12-8-11(10-4-2-1-3-5-10)6-7-13(12)20-17(15)24/h1-8H,9H2,(H,20,24)(H,22,23)/b16-15-. The van der Waals surface area contributed by atoms with Crippen molar-refractivity contribution < 1.29 is 24.3 Å². The lowest BCUT2D eigenvalue weighted by molar-refractivity contribution is -0.140. The number of aliphatic carboxylic acids is 1. The molecule has 2 aromatic rings. The molecule has 27 heavy (non-hydrogen) atoms. The minimum Gasteiger partial charge on any atom is -0.480 e. The van der Waals surface area contributed by atoms with E-state index in [9.17, 15) is 19.2 Å². The molecule has 134 valence electrons. The molecule has 2 aliphatic heterocycles. The number of hydrogen-bond acceptors (Lipinski definition) is 5. The van der Waals surface area contributed by atoms with Crippen LogP contribution in [0, 0.1) is 0 Å². The Morgan fingerprint density at radius 1 is 1.04 bits per heavy atom. The second-order valence-corrected chi connectivity index (χ2v) is 6.90. The number of rotatable bonds is 3. The van der Waals surface area contributed by atoms with Crippen molar-refractivity contribution in [3.63, 3.8) is 0 Å². The fourth-order valence-electron chi connectivity index (χ4n) is 3.02. The number of carbonyl (C=O) groups excluding carboxylic acids is 3. The van der Waals surface area contributed by atoms with Gasteiger partial charge in [-0.1, -0.05) is 36.4 Å². The Morgan fingerprint density at radius 3 is 2.48 bits per heavy atom. The maximum absolute atomic E-state index is 12.5. The minimum atomic E-state index is -1.30. The van der Waals surface area contributed by atoms with Crippen LogP contribution in [-0.4, -0.2) is 39.6 Å². The van der Waals surface area contributed by atoms with Crippen LogP contribution >= 0.6 is 11.8 Å². The summed E-state index contributed by atoms with van der Waals surface area (Å²) in [6, 6.07) is 14.9. The average Bonchev–Trinajstić information content (AvgIpc) is 3.11. The summed E-state index contributed by atoms with van der Waals surface area (Å²) in [5.41, 5.74) is 2.95. The molecule has 2 heterocycles. The van der Waals surface area contributed by atoms with Crippen molar-refractivity contribution in [1.29, 1.82) is 0 Å². The van der Waals surface area contributed by atoms with E-state index in [1.165, 1.54) is 0 Å². The molecule has 0 atom stereocenters. The smallest absolute Gasteiger partial charge is 0.323 e. The van der Waals surface area contributed by atoms with Crippen LogP contribution in [0.2, 0.25) is 0 Å².